The van der Waals surface area contributed by atoms with E-state index in [0.717, 1.165) is 36.4 Å². The van der Waals surface area contributed by atoms with Crippen LogP contribution in [-0.2, 0) is 67.8 Å². The van der Waals surface area contributed by atoms with Crippen LogP contribution in [0.25, 0.3) is 10.8 Å². The van der Waals surface area contributed by atoms with Gasteiger partial charge in [0.05, 0.1) is 80.9 Å². The first-order valence-corrected chi connectivity index (χ1v) is 27.4. The number of allylic oxidation sites excluding steroid dienone is 2. The van der Waals surface area contributed by atoms with Gasteiger partial charge in [-0.1, -0.05) is 10.1 Å². The van der Waals surface area contributed by atoms with Crippen LogP contribution in [-0.4, -0.2) is 95.2 Å². The SMILES string of the molecule is COc1ccc(NC(C)=O)c(N/N=C2C=C/C(=N/S(=O)(=O)c3ccc(N=Nc4c(S(=O)(=O)O)cc5c(SOOO)cc(N=Nc6ccc(S(=O)(=O)CCOSOOO)cc6S(=O)(=O)O)c(N)c5c4O)cc3)CC/2)c1. The van der Waals surface area contributed by atoms with Crippen molar-refractivity contribution < 1.29 is 90.9 Å². The number of benzene rings is 5. The fourth-order valence-electron chi connectivity index (χ4n) is 6.38. The number of phenolic OH excluding ortho intramolecular Hbond substituents is 1. The number of methoxy groups -OCH3 is 1. The van der Waals surface area contributed by atoms with Crippen LogP contribution in [0.4, 0.5) is 39.8 Å². The van der Waals surface area contributed by atoms with Crippen LogP contribution in [0, 0.1) is 0 Å². The first kappa shape index (κ1) is 56.7. The van der Waals surface area contributed by atoms with Gasteiger partial charge in [0.15, 0.2) is 27.9 Å². The summed E-state index contributed by atoms with van der Waals surface area (Å²) in [6.45, 7) is 0.810. The van der Waals surface area contributed by atoms with E-state index in [1.807, 2.05) is 0 Å². The normalized spacial score (nSPS) is 14.7. The molecule has 74 heavy (non-hydrogen) atoms. The number of carbonyl (C=O) groups is 1. The van der Waals surface area contributed by atoms with E-state index < -0.39 is 101 Å². The molecule has 0 fully saturated rings. The van der Waals surface area contributed by atoms with Gasteiger partial charge in [0.25, 0.3) is 30.3 Å². The number of hydrogen-bond acceptors (Lipinski definition) is 27. The molecule has 1 amide bonds. The lowest BCUT2D eigenvalue weighted by atomic mass is 10.0. The van der Waals surface area contributed by atoms with Gasteiger partial charge in [0, 0.05) is 23.3 Å². The number of phenols is 1. The fourth-order valence-corrected chi connectivity index (χ4v) is 10.7. The molecule has 0 heterocycles. The summed E-state index contributed by atoms with van der Waals surface area (Å²) < 4.78 is 145. The van der Waals surface area contributed by atoms with E-state index in [2.05, 4.69) is 59.4 Å². The average molecular weight is 1140 g/mol. The smallest absolute Gasteiger partial charge is 0.296 e. The maximum absolute atomic E-state index is 13.3. The van der Waals surface area contributed by atoms with Crippen LogP contribution in [0.15, 0.2) is 139 Å². The maximum Gasteiger partial charge on any atom is 0.296 e. The molecule has 0 unspecified atom stereocenters. The summed E-state index contributed by atoms with van der Waals surface area (Å²) in [5.74, 6) is -1.62. The Morgan fingerprint density at radius 1 is 0.757 bits per heavy atom. The number of fused-ring (bicyclic) bond motifs is 1. The standard InChI is InChI=1S/C39H37N9O20S6/c1-21(49)41-29-13-9-25(63-2)17-31(29)45-42-22-3-5-24(6-4-22)48-72(55,56)26-10-7-23(8-11-26)43-47-38-35(74(60,61)62)19-28-33(69-67-65-51)20-32(37(40)36(28)39(38)50)46-44-30-14-12-27(18-34(30)73(57,58)59)71(53,54)16-15-64-70-68-66-52/h3,5,7-14,17-20,45,50-52H,4,6,15-16,40H2,1-2H3,(H,41,49)(H,57,58,59)(H,60,61,62)/b42-22-,46-44?,47-43?,48-24-. The number of hydrogen-bond donors (Lipinski definition) is 8. The molecule has 0 bridgehead atoms. The van der Waals surface area contributed by atoms with E-state index in [4.69, 9.17) is 25.2 Å². The molecule has 0 atom stereocenters. The second-order valence-electron chi connectivity index (χ2n) is 14.6. The summed E-state index contributed by atoms with van der Waals surface area (Å²) in [5, 5.41) is 57.2. The highest BCUT2D eigenvalue weighted by Gasteiger charge is 2.28. The molecule has 0 saturated carbocycles. The third kappa shape index (κ3) is 14.4. The zero-order valence-electron chi connectivity index (χ0n) is 37.5. The highest BCUT2D eigenvalue weighted by atomic mass is 32.2. The van der Waals surface area contributed by atoms with Crippen molar-refractivity contribution in [3.63, 3.8) is 0 Å². The average Bonchev–Trinajstić information content (AvgIpc) is 3.34. The van der Waals surface area contributed by atoms with E-state index in [9.17, 15) is 52.7 Å². The van der Waals surface area contributed by atoms with Crippen molar-refractivity contribution in [3.05, 3.63) is 84.9 Å². The number of sulfonamides is 1. The van der Waals surface area contributed by atoms with Crippen LogP contribution >= 0.6 is 24.4 Å². The minimum Gasteiger partial charge on any atom is -0.505 e. The largest absolute Gasteiger partial charge is 0.505 e. The second-order valence-corrected chi connectivity index (χ2v) is 22.3. The first-order chi connectivity index (χ1) is 34.9. The van der Waals surface area contributed by atoms with Gasteiger partial charge in [-0.3, -0.25) is 23.5 Å². The lowest BCUT2D eigenvalue weighted by molar-refractivity contribution is -0.434. The molecule has 1 aliphatic rings. The molecule has 6 rings (SSSR count). The van der Waals surface area contributed by atoms with Crippen LogP contribution in [0.1, 0.15) is 19.8 Å². The molecule has 5 aromatic carbocycles. The Kier molecular flexibility index (Phi) is 18.6. The third-order valence-corrected chi connectivity index (χ3v) is 15.5. The van der Waals surface area contributed by atoms with Crippen molar-refractivity contribution in [1.82, 2.24) is 0 Å². The predicted octanol–water partition coefficient (Wildman–Crippen LogP) is 7.57. The highest BCUT2D eigenvalue weighted by Crippen LogP contribution is 2.49. The van der Waals surface area contributed by atoms with Gasteiger partial charge in [-0.15, -0.1) is 24.0 Å². The highest BCUT2D eigenvalue weighted by molar-refractivity contribution is 7.94. The predicted molar refractivity (Wildman–Crippen MR) is 263 cm³/mol. The number of sulfone groups is 1. The number of aromatic hydroxyl groups is 1. The van der Waals surface area contributed by atoms with E-state index in [-0.39, 0.29) is 69.7 Å². The molecule has 394 valence electrons. The summed E-state index contributed by atoms with van der Waals surface area (Å²) in [7, 11) is -17.6. The topological polar surface area (TPSA) is 434 Å². The number of azo groups is 2. The summed E-state index contributed by atoms with van der Waals surface area (Å²) in [4.78, 5) is 8.40. The van der Waals surface area contributed by atoms with Crippen molar-refractivity contribution in [2.24, 2.45) is 30.0 Å². The summed E-state index contributed by atoms with van der Waals surface area (Å²) in [6, 6.07) is 13.6. The van der Waals surface area contributed by atoms with E-state index >= 15 is 0 Å². The summed E-state index contributed by atoms with van der Waals surface area (Å²) in [6.07, 6.45) is 3.49. The number of amides is 1. The number of hydrazone groups is 1. The molecule has 9 N–H and O–H groups in total. The Morgan fingerprint density at radius 2 is 1.42 bits per heavy atom. The van der Waals surface area contributed by atoms with E-state index in [0.29, 0.717) is 28.9 Å². The quantitative estimate of drug-likeness (QED) is 0.00629. The van der Waals surface area contributed by atoms with Crippen molar-refractivity contribution in [1.29, 1.82) is 0 Å². The fraction of sp³-hybridized carbons (Fsp3) is 0.154. The molecular formula is C39H37N9O20S6. The van der Waals surface area contributed by atoms with E-state index in [1.54, 1.807) is 24.3 Å². The maximum atomic E-state index is 13.3. The van der Waals surface area contributed by atoms with Crippen molar-refractivity contribution in [2.45, 2.75) is 44.2 Å². The molecule has 1 aliphatic carbocycles. The molecular weight excluding hydrogens is 1110 g/mol. The van der Waals surface area contributed by atoms with Gasteiger partial charge in [-0.25, -0.2) is 18.9 Å². The lowest BCUT2D eigenvalue weighted by Gasteiger charge is -2.14. The lowest BCUT2D eigenvalue weighted by Crippen LogP contribution is -2.12. The zero-order chi connectivity index (χ0) is 54.0. The monoisotopic (exact) mass is 1140 g/mol. The Bertz CT molecular complexity index is 3600. The van der Waals surface area contributed by atoms with Gasteiger partial charge in [-0.05, 0) is 91.7 Å². The van der Waals surface area contributed by atoms with Gasteiger partial charge in [0.1, 0.15) is 32.6 Å². The number of nitrogens with two attached hydrogens (primary N) is 1. The van der Waals surface area contributed by atoms with E-state index in [1.165, 1.54) is 32.2 Å². The zero-order valence-corrected chi connectivity index (χ0v) is 42.4. The Morgan fingerprint density at radius 3 is 2.05 bits per heavy atom. The van der Waals surface area contributed by atoms with Crippen molar-refractivity contribution >= 4 is 132 Å². The summed E-state index contributed by atoms with van der Waals surface area (Å²) >= 11 is 0.271. The van der Waals surface area contributed by atoms with Gasteiger partial charge in [-0.2, -0.15) is 39.9 Å². The second kappa shape index (κ2) is 24.2. The minimum absolute atomic E-state index is 0.0877. The van der Waals surface area contributed by atoms with Crippen LogP contribution in [0.5, 0.6) is 11.5 Å². The van der Waals surface area contributed by atoms with Crippen molar-refractivity contribution in [2.75, 3.05) is 35.9 Å². The number of anilines is 3. The van der Waals surface area contributed by atoms with Crippen LogP contribution in [0.2, 0.25) is 0 Å². The molecule has 0 saturated heterocycles. The molecule has 0 spiro atoms. The van der Waals surface area contributed by atoms with Crippen LogP contribution in [0.3, 0.4) is 0 Å². The number of nitrogen functional groups attached to an aromatic ring is 1. The number of carbonyl (C=O) groups excluding carboxylic acids is 1. The number of ether oxygens (including phenoxy) is 1. The van der Waals surface area contributed by atoms with Gasteiger partial charge >= 0.3 is 0 Å². The number of nitrogens with one attached hydrogen (secondary N) is 2. The molecule has 0 radical (unpaired) electrons. The summed E-state index contributed by atoms with van der Waals surface area (Å²) in [5.41, 5.74) is 8.25. The molecule has 0 aliphatic heterocycles. The van der Waals surface area contributed by atoms with Crippen molar-refractivity contribution in [3.8, 4) is 11.5 Å². The molecule has 35 heteroatoms. The first-order valence-electron chi connectivity index (χ1n) is 20.0. The van der Waals surface area contributed by atoms with Gasteiger partial charge < -0.3 is 20.9 Å². The number of nitrogens with zero attached hydrogens (tertiary/aromatic N) is 6. The molecule has 0 aromatic heterocycles. The minimum atomic E-state index is -5.28. The molecule has 29 nitrogen and oxygen atoms in total. The Labute approximate surface area is 427 Å². The Balaban J connectivity index is 1.29. The number of rotatable bonds is 22. The van der Waals surface area contributed by atoms with Crippen LogP contribution < -0.4 is 21.2 Å². The Hall–Kier alpha value is -6.55. The molecule has 5 aromatic rings. The van der Waals surface area contributed by atoms with Gasteiger partial charge in [0.2, 0.25) is 5.91 Å². The third-order valence-electron chi connectivity index (χ3n) is 9.73.